The van der Waals surface area contributed by atoms with Crippen LogP contribution in [0.5, 0.6) is 0 Å². The lowest BCUT2D eigenvalue weighted by molar-refractivity contribution is -0.108. The van der Waals surface area contributed by atoms with Crippen molar-refractivity contribution >= 4 is 17.9 Å². The minimum atomic E-state index is -4.40. The molecule has 1 saturated carbocycles. The van der Waals surface area contributed by atoms with Gasteiger partial charge >= 0.3 is 6.18 Å². The Morgan fingerprint density at radius 3 is 2.13 bits per heavy atom. The predicted molar refractivity (Wildman–Crippen MR) is 51.8 cm³/mol. The van der Waals surface area contributed by atoms with Crippen LogP contribution in [0.25, 0.3) is 0 Å². The predicted octanol–water partition coefficient (Wildman–Crippen LogP) is 3.47. The Morgan fingerprint density at radius 1 is 1.20 bits per heavy atom. The van der Waals surface area contributed by atoms with Crippen molar-refractivity contribution in [1.29, 1.82) is 0 Å². The molecule has 0 heterocycles. The molecule has 1 fully saturated rings. The molecule has 1 rings (SSSR count). The van der Waals surface area contributed by atoms with Gasteiger partial charge in [-0.1, -0.05) is 0 Å². The first-order chi connectivity index (χ1) is 6.95. The lowest BCUT2D eigenvalue weighted by Gasteiger charge is -2.27. The number of halogens is 4. The van der Waals surface area contributed by atoms with E-state index in [0.29, 0.717) is 31.8 Å². The van der Waals surface area contributed by atoms with E-state index in [2.05, 4.69) is 0 Å². The average Bonchev–Trinajstić information content (AvgIpc) is 2.14. The maximum Gasteiger partial charge on any atom is 0.413 e. The normalized spacial score (nSPS) is 28.9. The highest BCUT2D eigenvalue weighted by molar-refractivity contribution is 6.20. The van der Waals surface area contributed by atoms with Crippen LogP contribution >= 0.6 is 11.6 Å². The van der Waals surface area contributed by atoms with E-state index in [1.165, 1.54) is 0 Å². The standard InChI is InChI=1S/C10H12ClF3O/c11-8-3-1-7(2-4-8)9(5-6-15)10(12,13)14/h5-8H,1-4H2/b9-5-. The third-order valence-electron chi connectivity index (χ3n) is 2.67. The monoisotopic (exact) mass is 240 g/mol. The van der Waals surface area contributed by atoms with Gasteiger partial charge in [0.15, 0.2) is 0 Å². The van der Waals surface area contributed by atoms with Crippen LogP contribution in [-0.2, 0) is 4.79 Å². The maximum atomic E-state index is 12.5. The fourth-order valence-corrected chi connectivity index (χ4v) is 2.15. The first kappa shape index (κ1) is 12.6. The van der Waals surface area contributed by atoms with Crippen LogP contribution in [0.1, 0.15) is 25.7 Å². The molecule has 0 atom stereocenters. The smallest absolute Gasteiger partial charge is 0.299 e. The van der Waals surface area contributed by atoms with Crippen molar-refractivity contribution in [1.82, 2.24) is 0 Å². The summed E-state index contributed by atoms with van der Waals surface area (Å²) in [6.45, 7) is 0. The van der Waals surface area contributed by atoms with Gasteiger partial charge in [0.1, 0.15) is 6.29 Å². The third-order valence-corrected chi connectivity index (χ3v) is 3.11. The molecule has 0 aliphatic heterocycles. The number of allylic oxidation sites excluding steroid dienone is 2. The summed E-state index contributed by atoms with van der Waals surface area (Å²) in [5, 5.41) is -0.0213. The van der Waals surface area contributed by atoms with Crippen molar-refractivity contribution < 1.29 is 18.0 Å². The van der Waals surface area contributed by atoms with Gasteiger partial charge in [-0.25, -0.2) is 0 Å². The van der Waals surface area contributed by atoms with E-state index in [9.17, 15) is 18.0 Å². The molecule has 1 aliphatic rings. The van der Waals surface area contributed by atoms with Gasteiger partial charge < -0.3 is 0 Å². The second kappa shape index (κ2) is 5.01. The number of rotatable bonds is 2. The molecular weight excluding hydrogens is 229 g/mol. The highest BCUT2D eigenvalue weighted by Crippen LogP contribution is 2.39. The lowest BCUT2D eigenvalue weighted by Crippen LogP contribution is -2.24. The summed E-state index contributed by atoms with van der Waals surface area (Å²) in [4.78, 5) is 10.2. The molecule has 86 valence electrons. The van der Waals surface area contributed by atoms with Gasteiger partial charge in [-0.15, -0.1) is 11.6 Å². The van der Waals surface area contributed by atoms with Gasteiger partial charge in [0.05, 0.1) is 0 Å². The first-order valence-electron chi connectivity index (χ1n) is 4.81. The second-order valence-electron chi connectivity index (χ2n) is 3.70. The zero-order chi connectivity index (χ0) is 11.5. The minimum Gasteiger partial charge on any atom is -0.299 e. The van der Waals surface area contributed by atoms with Crippen LogP contribution in [0.15, 0.2) is 11.6 Å². The summed E-state index contributed by atoms with van der Waals surface area (Å²) in [5.74, 6) is -0.565. The fraction of sp³-hybridized carbons (Fsp3) is 0.700. The summed E-state index contributed by atoms with van der Waals surface area (Å²) in [5.41, 5.74) is -0.707. The zero-order valence-electron chi connectivity index (χ0n) is 8.06. The summed E-state index contributed by atoms with van der Waals surface area (Å²) in [6, 6.07) is 0. The van der Waals surface area contributed by atoms with Crippen LogP contribution in [0, 0.1) is 5.92 Å². The molecule has 0 saturated heterocycles. The van der Waals surface area contributed by atoms with Crippen LogP contribution in [-0.4, -0.2) is 17.8 Å². The summed E-state index contributed by atoms with van der Waals surface area (Å²) >= 11 is 5.81. The van der Waals surface area contributed by atoms with E-state index in [1.807, 2.05) is 0 Å². The lowest BCUT2D eigenvalue weighted by atomic mass is 9.83. The SMILES string of the molecule is O=C/C=C(/C1CCC(Cl)CC1)C(F)(F)F. The second-order valence-corrected chi connectivity index (χ2v) is 4.32. The first-order valence-corrected chi connectivity index (χ1v) is 5.25. The Bertz CT molecular complexity index is 252. The van der Waals surface area contributed by atoms with Crippen LogP contribution in [0.3, 0.4) is 0 Å². The zero-order valence-corrected chi connectivity index (χ0v) is 8.81. The fourth-order valence-electron chi connectivity index (χ4n) is 1.90. The number of carbonyl (C=O) groups excluding carboxylic acids is 1. The molecule has 5 heteroatoms. The molecule has 0 radical (unpaired) electrons. The molecule has 0 amide bonds. The molecule has 1 aliphatic carbocycles. The average molecular weight is 241 g/mol. The van der Waals surface area contributed by atoms with E-state index < -0.39 is 17.7 Å². The number of alkyl halides is 4. The van der Waals surface area contributed by atoms with Crippen molar-refractivity contribution in [3.05, 3.63) is 11.6 Å². The topological polar surface area (TPSA) is 17.1 Å². The number of hydrogen-bond donors (Lipinski definition) is 0. The van der Waals surface area contributed by atoms with Crippen molar-refractivity contribution in [3.8, 4) is 0 Å². The van der Waals surface area contributed by atoms with Crippen LogP contribution < -0.4 is 0 Å². The van der Waals surface area contributed by atoms with Gasteiger partial charge in [-0.05, 0) is 37.7 Å². The third kappa shape index (κ3) is 3.52. The Morgan fingerprint density at radius 2 is 1.73 bits per heavy atom. The Kier molecular flexibility index (Phi) is 4.20. The van der Waals surface area contributed by atoms with E-state index in [1.54, 1.807) is 0 Å². The largest absolute Gasteiger partial charge is 0.413 e. The van der Waals surface area contributed by atoms with E-state index in [-0.39, 0.29) is 11.7 Å². The molecule has 0 aromatic heterocycles. The highest BCUT2D eigenvalue weighted by atomic mass is 35.5. The van der Waals surface area contributed by atoms with E-state index in [0.717, 1.165) is 0 Å². The molecule has 1 nitrogen and oxygen atoms in total. The van der Waals surface area contributed by atoms with E-state index >= 15 is 0 Å². The van der Waals surface area contributed by atoms with Crippen molar-refractivity contribution in [2.45, 2.75) is 37.2 Å². The number of carbonyl (C=O) groups is 1. The Balaban J connectivity index is 2.74. The molecular formula is C10H12ClF3O. The van der Waals surface area contributed by atoms with Crippen LogP contribution in [0.4, 0.5) is 13.2 Å². The summed E-state index contributed by atoms with van der Waals surface area (Å²) < 4.78 is 37.6. The van der Waals surface area contributed by atoms with E-state index in [4.69, 9.17) is 11.6 Å². The minimum absolute atomic E-state index is 0.0213. The molecule has 0 bridgehead atoms. The number of aldehydes is 1. The van der Waals surface area contributed by atoms with Crippen molar-refractivity contribution in [2.24, 2.45) is 5.92 Å². The van der Waals surface area contributed by atoms with Gasteiger partial charge in [0.25, 0.3) is 0 Å². The number of hydrogen-bond acceptors (Lipinski definition) is 1. The van der Waals surface area contributed by atoms with Crippen molar-refractivity contribution in [2.75, 3.05) is 0 Å². The molecule has 15 heavy (non-hydrogen) atoms. The van der Waals surface area contributed by atoms with Crippen LogP contribution in [0.2, 0.25) is 0 Å². The molecule has 0 aromatic rings. The molecule has 0 unspecified atom stereocenters. The molecule has 0 spiro atoms. The summed E-state index contributed by atoms with van der Waals surface area (Å²) in [7, 11) is 0. The quantitative estimate of drug-likeness (QED) is 0.410. The van der Waals surface area contributed by atoms with Gasteiger partial charge in [0, 0.05) is 11.0 Å². The molecule has 0 N–H and O–H groups in total. The van der Waals surface area contributed by atoms with Gasteiger partial charge in [-0.3, -0.25) is 4.79 Å². The Labute approximate surface area is 91.3 Å². The van der Waals surface area contributed by atoms with Crippen molar-refractivity contribution in [3.63, 3.8) is 0 Å². The van der Waals surface area contributed by atoms with Gasteiger partial charge in [-0.2, -0.15) is 13.2 Å². The molecule has 0 aromatic carbocycles. The highest BCUT2D eigenvalue weighted by Gasteiger charge is 2.39. The Hall–Kier alpha value is -0.510. The van der Waals surface area contributed by atoms with Gasteiger partial charge in [0.2, 0.25) is 0 Å². The maximum absolute atomic E-state index is 12.5. The summed E-state index contributed by atoms with van der Waals surface area (Å²) in [6.07, 6.45) is -1.57.